The number of carbonyl (C=O) groups is 1. The third-order valence-electron chi connectivity index (χ3n) is 4.19. The summed E-state index contributed by atoms with van der Waals surface area (Å²) in [6.07, 6.45) is 5.05. The van der Waals surface area contributed by atoms with Gasteiger partial charge in [-0.05, 0) is 36.6 Å². The molecule has 8 heteroatoms. The predicted molar refractivity (Wildman–Crippen MR) is 106 cm³/mol. The van der Waals surface area contributed by atoms with Gasteiger partial charge in [0.1, 0.15) is 5.82 Å². The van der Waals surface area contributed by atoms with Crippen LogP contribution in [0.3, 0.4) is 0 Å². The molecule has 1 aromatic heterocycles. The monoisotopic (exact) mass is 363 g/mol. The zero-order valence-electron chi connectivity index (χ0n) is 15.3. The Morgan fingerprint density at radius 3 is 2.81 bits per heavy atom. The number of rotatable bonds is 6. The number of hydrazone groups is 1. The second kappa shape index (κ2) is 8.22. The fraction of sp³-hybridized carbons (Fsp3) is 0.211. The number of hydrogen-bond acceptors (Lipinski definition) is 5. The summed E-state index contributed by atoms with van der Waals surface area (Å²) in [5.74, 6) is 1.16. The van der Waals surface area contributed by atoms with Crippen molar-refractivity contribution in [2.45, 2.75) is 26.8 Å². The average Bonchev–Trinajstić information content (AvgIpc) is 3.25. The molecule has 2 aromatic rings. The van der Waals surface area contributed by atoms with Crippen LogP contribution in [-0.2, 0) is 11.3 Å². The van der Waals surface area contributed by atoms with Crippen molar-refractivity contribution in [3.05, 3.63) is 59.7 Å². The largest absolute Gasteiger partial charge is 0.322 e. The van der Waals surface area contributed by atoms with E-state index in [1.807, 2.05) is 50.4 Å². The summed E-state index contributed by atoms with van der Waals surface area (Å²) in [6, 6.07) is 9.71. The normalized spacial score (nSPS) is 17.3. The van der Waals surface area contributed by atoms with Crippen LogP contribution in [0.15, 0.2) is 69.2 Å². The highest BCUT2D eigenvalue weighted by atomic mass is 16.1. The van der Waals surface area contributed by atoms with E-state index in [1.54, 1.807) is 10.9 Å². The average molecular weight is 363 g/mol. The first-order valence-electron chi connectivity index (χ1n) is 8.57. The highest BCUT2D eigenvalue weighted by Gasteiger charge is 2.24. The number of aliphatic imine (C=N–C) groups is 2. The van der Waals surface area contributed by atoms with Crippen LogP contribution in [0.25, 0.3) is 5.69 Å². The molecule has 0 saturated carbocycles. The van der Waals surface area contributed by atoms with Crippen molar-refractivity contribution in [1.82, 2.24) is 20.1 Å². The van der Waals surface area contributed by atoms with Crippen LogP contribution in [0, 0.1) is 0 Å². The molecule has 1 aliphatic rings. The maximum atomic E-state index is 11.3. The zero-order chi connectivity index (χ0) is 19.2. The predicted octanol–water partition coefficient (Wildman–Crippen LogP) is 2.49. The number of aromatic nitrogens is 2. The second-order valence-electron chi connectivity index (χ2n) is 5.87. The third-order valence-corrected chi connectivity index (χ3v) is 4.19. The van der Waals surface area contributed by atoms with E-state index in [4.69, 9.17) is 0 Å². The van der Waals surface area contributed by atoms with Gasteiger partial charge in [0, 0.05) is 19.1 Å². The van der Waals surface area contributed by atoms with Crippen LogP contribution >= 0.6 is 0 Å². The Kier molecular flexibility index (Phi) is 5.55. The Hall–Kier alpha value is -3.55. The Balaban J connectivity index is 1.99. The SMILES string of the molecule is C=NN1C(=NCc2ccccc2-n2cccn2)N=C(C=O)N/C1=C(/C)CC. The molecule has 0 spiro atoms. The lowest BCUT2D eigenvalue weighted by atomic mass is 10.2. The van der Waals surface area contributed by atoms with Gasteiger partial charge in [0.25, 0.3) is 0 Å². The molecule has 8 nitrogen and oxygen atoms in total. The first-order chi connectivity index (χ1) is 13.2. The molecular weight excluding hydrogens is 342 g/mol. The smallest absolute Gasteiger partial charge is 0.250 e. The van der Waals surface area contributed by atoms with Crippen molar-refractivity contribution in [2.24, 2.45) is 15.1 Å². The van der Waals surface area contributed by atoms with Crippen molar-refractivity contribution in [1.29, 1.82) is 0 Å². The Morgan fingerprint density at radius 1 is 1.33 bits per heavy atom. The number of benzene rings is 1. The van der Waals surface area contributed by atoms with Gasteiger partial charge in [-0.1, -0.05) is 25.1 Å². The van der Waals surface area contributed by atoms with Crippen molar-refractivity contribution in [3.8, 4) is 5.69 Å². The summed E-state index contributed by atoms with van der Waals surface area (Å²) in [7, 11) is 0. The summed E-state index contributed by atoms with van der Waals surface area (Å²) < 4.78 is 1.79. The number of nitrogens with zero attached hydrogens (tertiary/aromatic N) is 6. The number of para-hydroxylation sites is 1. The van der Waals surface area contributed by atoms with Crippen molar-refractivity contribution in [2.75, 3.05) is 0 Å². The van der Waals surface area contributed by atoms with Crippen LogP contribution < -0.4 is 5.32 Å². The zero-order valence-corrected chi connectivity index (χ0v) is 15.3. The van der Waals surface area contributed by atoms with Crippen LogP contribution in [-0.4, -0.2) is 39.6 Å². The van der Waals surface area contributed by atoms with E-state index in [-0.39, 0.29) is 5.84 Å². The number of aldehydes is 1. The molecular formula is C19H21N7O. The summed E-state index contributed by atoms with van der Waals surface area (Å²) in [4.78, 5) is 20.1. The Labute approximate surface area is 157 Å². The summed E-state index contributed by atoms with van der Waals surface area (Å²) in [5, 5.41) is 12.8. The fourth-order valence-corrected chi connectivity index (χ4v) is 2.64. The molecule has 1 N–H and O–H groups in total. The molecule has 1 aliphatic heterocycles. The van der Waals surface area contributed by atoms with Crippen LogP contribution in [0.2, 0.25) is 0 Å². The van der Waals surface area contributed by atoms with Crippen LogP contribution in [0.5, 0.6) is 0 Å². The molecule has 0 aliphatic carbocycles. The molecule has 0 fully saturated rings. The first-order valence-corrected chi connectivity index (χ1v) is 8.57. The van der Waals surface area contributed by atoms with Crippen molar-refractivity contribution >= 4 is 24.8 Å². The quantitative estimate of drug-likeness (QED) is 0.631. The van der Waals surface area contributed by atoms with Crippen LogP contribution in [0.4, 0.5) is 0 Å². The molecule has 3 rings (SSSR count). The summed E-state index contributed by atoms with van der Waals surface area (Å²) >= 11 is 0. The van der Waals surface area contributed by atoms with Gasteiger partial charge < -0.3 is 5.32 Å². The van der Waals surface area contributed by atoms with E-state index in [0.717, 1.165) is 23.2 Å². The van der Waals surface area contributed by atoms with Gasteiger partial charge in [0.05, 0.1) is 12.2 Å². The minimum Gasteiger partial charge on any atom is -0.322 e. The molecule has 0 saturated heterocycles. The van der Waals surface area contributed by atoms with E-state index in [1.165, 1.54) is 5.01 Å². The molecule has 27 heavy (non-hydrogen) atoms. The molecule has 138 valence electrons. The minimum atomic E-state index is 0.191. The maximum absolute atomic E-state index is 11.3. The first kappa shape index (κ1) is 18.2. The fourth-order valence-electron chi connectivity index (χ4n) is 2.64. The lowest BCUT2D eigenvalue weighted by molar-refractivity contribution is -0.102. The van der Waals surface area contributed by atoms with Gasteiger partial charge in [0.2, 0.25) is 5.96 Å². The van der Waals surface area contributed by atoms with E-state index >= 15 is 0 Å². The van der Waals surface area contributed by atoms with Gasteiger partial charge in [-0.3, -0.25) is 4.79 Å². The number of hydrogen-bond donors (Lipinski definition) is 1. The van der Waals surface area contributed by atoms with Crippen molar-refractivity contribution < 1.29 is 4.79 Å². The molecule has 1 aromatic carbocycles. The van der Waals surface area contributed by atoms with Gasteiger partial charge in [-0.25, -0.2) is 9.67 Å². The van der Waals surface area contributed by atoms with Crippen LogP contribution in [0.1, 0.15) is 25.8 Å². The molecule has 0 unspecified atom stereocenters. The standard InChI is InChI=1S/C19H21N7O/c1-4-14(2)18-23-17(13-27)24-19(26(18)20-3)21-12-15-8-5-6-9-16(15)25-11-7-10-22-25/h5-11,13H,3-4,12H2,1-2H3,(H,21,23,24)/b18-14+. The van der Waals surface area contributed by atoms with E-state index in [2.05, 4.69) is 32.2 Å². The third kappa shape index (κ3) is 3.84. The van der Waals surface area contributed by atoms with Gasteiger partial charge in [-0.15, -0.1) is 0 Å². The lowest BCUT2D eigenvalue weighted by Crippen LogP contribution is -2.42. The minimum absolute atomic E-state index is 0.191. The highest BCUT2D eigenvalue weighted by molar-refractivity contribution is 6.30. The Morgan fingerprint density at radius 2 is 2.15 bits per heavy atom. The highest BCUT2D eigenvalue weighted by Crippen LogP contribution is 2.18. The topological polar surface area (TPSA) is 87.2 Å². The van der Waals surface area contributed by atoms with E-state index in [0.29, 0.717) is 24.6 Å². The second-order valence-corrected chi connectivity index (χ2v) is 5.87. The number of guanidine groups is 1. The van der Waals surface area contributed by atoms with E-state index in [9.17, 15) is 4.79 Å². The van der Waals surface area contributed by atoms with Gasteiger partial charge in [-0.2, -0.15) is 20.2 Å². The summed E-state index contributed by atoms with van der Waals surface area (Å²) in [6.45, 7) is 7.95. The molecule has 2 heterocycles. The molecule has 0 amide bonds. The lowest BCUT2D eigenvalue weighted by Gasteiger charge is -2.27. The van der Waals surface area contributed by atoms with Crippen molar-refractivity contribution in [3.63, 3.8) is 0 Å². The number of carbonyl (C=O) groups excluding carboxylic acids is 1. The number of amidine groups is 1. The van der Waals surface area contributed by atoms with Gasteiger partial charge >= 0.3 is 0 Å². The number of nitrogens with one attached hydrogen (secondary N) is 1. The summed E-state index contributed by atoms with van der Waals surface area (Å²) in [5.41, 5.74) is 2.91. The molecule has 0 atom stereocenters. The Bertz CT molecular complexity index is 925. The van der Waals surface area contributed by atoms with Gasteiger partial charge in [0.15, 0.2) is 12.1 Å². The number of allylic oxidation sites excluding steroid dienone is 1. The van der Waals surface area contributed by atoms with E-state index < -0.39 is 0 Å². The maximum Gasteiger partial charge on any atom is 0.250 e. The molecule has 0 bridgehead atoms. The molecule has 0 radical (unpaired) electrons.